The molecule has 0 bridgehead atoms. The lowest BCUT2D eigenvalue weighted by Crippen LogP contribution is -2.16. The van der Waals surface area contributed by atoms with Gasteiger partial charge in [-0.15, -0.1) is 6.58 Å². The number of hydrogen-bond acceptors (Lipinski definition) is 3. The fourth-order valence-electron chi connectivity index (χ4n) is 1.40. The van der Waals surface area contributed by atoms with E-state index in [1.807, 2.05) is 18.2 Å². The van der Waals surface area contributed by atoms with E-state index in [0.29, 0.717) is 13.2 Å². The molecule has 14 heavy (non-hydrogen) atoms. The van der Waals surface area contributed by atoms with Crippen molar-refractivity contribution in [1.29, 1.82) is 0 Å². The predicted octanol–water partition coefficient (Wildman–Crippen LogP) is 1.64. The summed E-state index contributed by atoms with van der Waals surface area (Å²) in [6.45, 7) is 4.86. The molecule has 0 aromatic heterocycles. The topological polar surface area (TPSA) is 44.5 Å². The molecule has 0 saturated heterocycles. The van der Waals surface area contributed by atoms with Crippen LogP contribution in [-0.4, -0.2) is 13.2 Å². The Hall–Kier alpha value is -1.48. The molecule has 1 aromatic rings. The van der Waals surface area contributed by atoms with Crippen LogP contribution in [0, 0.1) is 0 Å². The van der Waals surface area contributed by atoms with E-state index in [2.05, 4.69) is 6.58 Å². The molecule has 1 aliphatic rings. The third kappa shape index (κ3) is 1.59. The molecule has 3 heteroatoms. The zero-order valence-corrected chi connectivity index (χ0v) is 7.90. The number of nitrogens with two attached hydrogens (primary N) is 1. The third-order valence-electron chi connectivity index (χ3n) is 2.21. The van der Waals surface area contributed by atoms with Gasteiger partial charge in [-0.3, -0.25) is 0 Å². The smallest absolute Gasteiger partial charge is 0.161 e. The van der Waals surface area contributed by atoms with Crippen LogP contribution in [0.3, 0.4) is 0 Å². The molecule has 0 unspecified atom stereocenters. The highest BCUT2D eigenvalue weighted by Crippen LogP contribution is 2.32. The molecule has 0 amide bonds. The first-order valence-corrected chi connectivity index (χ1v) is 4.59. The van der Waals surface area contributed by atoms with E-state index in [1.165, 1.54) is 0 Å². The zero-order chi connectivity index (χ0) is 9.97. The second-order valence-corrected chi connectivity index (χ2v) is 3.16. The number of benzene rings is 1. The first-order chi connectivity index (χ1) is 6.81. The fourth-order valence-corrected chi connectivity index (χ4v) is 1.40. The van der Waals surface area contributed by atoms with E-state index in [4.69, 9.17) is 15.2 Å². The zero-order valence-electron chi connectivity index (χ0n) is 7.90. The fraction of sp³-hybridized carbons (Fsp3) is 0.273. The summed E-state index contributed by atoms with van der Waals surface area (Å²) in [4.78, 5) is 0. The summed E-state index contributed by atoms with van der Waals surface area (Å²) in [6, 6.07) is 5.57. The molecule has 0 saturated carbocycles. The van der Waals surface area contributed by atoms with Crippen LogP contribution in [-0.2, 0) is 0 Å². The molecule has 1 aromatic carbocycles. The molecule has 0 radical (unpaired) electrons. The SMILES string of the molecule is C=C[C@H](N)c1ccc2c(c1)OCCO2. The van der Waals surface area contributed by atoms with Gasteiger partial charge in [-0.25, -0.2) is 0 Å². The van der Waals surface area contributed by atoms with Crippen molar-refractivity contribution in [2.24, 2.45) is 5.73 Å². The third-order valence-corrected chi connectivity index (χ3v) is 2.21. The Morgan fingerprint density at radius 3 is 2.71 bits per heavy atom. The molecule has 1 aliphatic heterocycles. The molecular formula is C11H13NO2. The van der Waals surface area contributed by atoms with Crippen molar-refractivity contribution >= 4 is 0 Å². The molecule has 1 atom stereocenters. The Labute approximate surface area is 83.1 Å². The second-order valence-electron chi connectivity index (χ2n) is 3.16. The number of hydrogen-bond donors (Lipinski definition) is 1. The van der Waals surface area contributed by atoms with Crippen molar-refractivity contribution in [2.45, 2.75) is 6.04 Å². The molecule has 74 valence electrons. The first-order valence-electron chi connectivity index (χ1n) is 4.59. The van der Waals surface area contributed by atoms with Crippen LogP contribution in [0.5, 0.6) is 11.5 Å². The van der Waals surface area contributed by atoms with Gasteiger partial charge in [-0.2, -0.15) is 0 Å². The van der Waals surface area contributed by atoms with Gasteiger partial charge in [0.25, 0.3) is 0 Å². The van der Waals surface area contributed by atoms with E-state index in [1.54, 1.807) is 6.08 Å². The van der Waals surface area contributed by atoms with Crippen LogP contribution in [0.15, 0.2) is 30.9 Å². The van der Waals surface area contributed by atoms with E-state index < -0.39 is 0 Å². The number of fused-ring (bicyclic) bond motifs is 1. The minimum atomic E-state index is -0.147. The Morgan fingerprint density at radius 1 is 1.29 bits per heavy atom. The number of rotatable bonds is 2. The average Bonchev–Trinajstić information content (AvgIpc) is 2.27. The van der Waals surface area contributed by atoms with Crippen molar-refractivity contribution in [3.63, 3.8) is 0 Å². The van der Waals surface area contributed by atoms with Crippen LogP contribution in [0.4, 0.5) is 0 Å². The summed E-state index contributed by atoms with van der Waals surface area (Å²) in [5.41, 5.74) is 6.80. The van der Waals surface area contributed by atoms with Crippen LogP contribution >= 0.6 is 0 Å². The summed E-state index contributed by atoms with van der Waals surface area (Å²) in [5.74, 6) is 1.56. The molecule has 2 rings (SSSR count). The Morgan fingerprint density at radius 2 is 2.00 bits per heavy atom. The Kier molecular flexibility index (Phi) is 2.41. The van der Waals surface area contributed by atoms with E-state index in [0.717, 1.165) is 17.1 Å². The summed E-state index contributed by atoms with van der Waals surface area (Å²) in [6.07, 6.45) is 1.70. The van der Waals surface area contributed by atoms with Crippen molar-refractivity contribution in [3.8, 4) is 11.5 Å². The van der Waals surface area contributed by atoms with Gasteiger partial charge in [0.15, 0.2) is 11.5 Å². The largest absolute Gasteiger partial charge is 0.486 e. The molecule has 1 heterocycles. The van der Waals surface area contributed by atoms with Gasteiger partial charge in [0.05, 0.1) is 0 Å². The maximum Gasteiger partial charge on any atom is 0.161 e. The van der Waals surface area contributed by atoms with Crippen LogP contribution < -0.4 is 15.2 Å². The Balaban J connectivity index is 2.33. The highest BCUT2D eigenvalue weighted by atomic mass is 16.6. The van der Waals surface area contributed by atoms with E-state index >= 15 is 0 Å². The normalized spacial score (nSPS) is 16.1. The standard InChI is InChI=1S/C11H13NO2/c1-2-9(12)8-3-4-10-11(7-8)14-6-5-13-10/h2-4,7,9H,1,5-6,12H2/t9-/m0/s1. The van der Waals surface area contributed by atoms with Gasteiger partial charge in [-0.05, 0) is 17.7 Å². The summed E-state index contributed by atoms with van der Waals surface area (Å²) < 4.78 is 10.8. The highest BCUT2D eigenvalue weighted by Gasteiger charge is 2.12. The van der Waals surface area contributed by atoms with Crippen molar-refractivity contribution < 1.29 is 9.47 Å². The van der Waals surface area contributed by atoms with E-state index in [-0.39, 0.29) is 6.04 Å². The molecule has 0 spiro atoms. The minimum absolute atomic E-state index is 0.147. The molecule has 3 nitrogen and oxygen atoms in total. The lowest BCUT2D eigenvalue weighted by molar-refractivity contribution is 0.171. The van der Waals surface area contributed by atoms with Crippen LogP contribution in [0.25, 0.3) is 0 Å². The highest BCUT2D eigenvalue weighted by molar-refractivity contribution is 5.45. The maximum absolute atomic E-state index is 5.81. The van der Waals surface area contributed by atoms with Crippen molar-refractivity contribution in [2.75, 3.05) is 13.2 Å². The molecule has 0 aliphatic carbocycles. The van der Waals surface area contributed by atoms with Gasteiger partial charge < -0.3 is 15.2 Å². The monoisotopic (exact) mass is 191 g/mol. The molecule has 2 N–H and O–H groups in total. The summed E-state index contributed by atoms with van der Waals surface area (Å²) >= 11 is 0. The summed E-state index contributed by atoms with van der Waals surface area (Å²) in [5, 5.41) is 0. The molecular weight excluding hydrogens is 178 g/mol. The minimum Gasteiger partial charge on any atom is -0.486 e. The average molecular weight is 191 g/mol. The van der Waals surface area contributed by atoms with Gasteiger partial charge in [0, 0.05) is 6.04 Å². The van der Waals surface area contributed by atoms with Crippen LogP contribution in [0.2, 0.25) is 0 Å². The maximum atomic E-state index is 5.81. The van der Waals surface area contributed by atoms with Crippen molar-refractivity contribution in [3.05, 3.63) is 36.4 Å². The second kappa shape index (κ2) is 3.72. The number of ether oxygens (including phenoxy) is 2. The first kappa shape index (κ1) is 9.09. The quantitative estimate of drug-likeness (QED) is 0.723. The summed E-state index contributed by atoms with van der Waals surface area (Å²) in [7, 11) is 0. The van der Waals surface area contributed by atoms with E-state index in [9.17, 15) is 0 Å². The lowest BCUT2D eigenvalue weighted by atomic mass is 10.1. The molecule has 0 fully saturated rings. The van der Waals surface area contributed by atoms with Gasteiger partial charge in [0.2, 0.25) is 0 Å². The van der Waals surface area contributed by atoms with Gasteiger partial charge in [0.1, 0.15) is 13.2 Å². The Bertz CT molecular complexity index is 349. The van der Waals surface area contributed by atoms with Gasteiger partial charge in [-0.1, -0.05) is 12.1 Å². The lowest BCUT2D eigenvalue weighted by Gasteiger charge is -2.19. The predicted molar refractivity (Wildman–Crippen MR) is 54.6 cm³/mol. The van der Waals surface area contributed by atoms with Crippen LogP contribution in [0.1, 0.15) is 11.6 Å². The van der Waals surface area contributed by atoms with Gasteiger partial charge >= 0.3 is 0 Å². The van der Waals surface area contributed by atoms with Crippen molar-refractivity contribution in [1.82, 2.24) is 0 Å².